The molecule has 0 unspecified atom stereocenters. The van der Waals surface area contributed by atoms with Crippen LogP contribution in [0, 0.1) is 11.8 Å². The van der Waals surface area contributed by atoms with Gasteiger partial charge in [0.1, 0.15) is 0 Å². The van der Waals surface area contributed by atoms with Crippen molar-refractivity contribution < 1.29 is 9.90 Å². The minimum atomic E-state index is -0.420. The van der Waals surface area contributed by atoms with E-state index in [-0.39, 0.29) is 36.0 Å². The molecule has 1 fully saturated rings. The van der Waals surface area contributed by atoms with E-state index in [1.807, 2.05) is 84.3 Å². The predicted octanol–water partition coefficient (Wildman–Crippen LogP) is 2.82. The van der Waals surface area contributed by atoms with E-state index in [0.717, 1.165) is 16.8 Å². The SMILES string of the molecule is CCN1[C@H](C(=O)NCc2ccccc2)[C@@H](CO)[C@@H]2Cn3c(ccc(-c4ccccc4)c3=O)[C@@H]21. The first kappa shape index (κ1) is 21.6. The van der Waals surface area contributed by atoms with Crippen molar-refractivity contribution in [2.75, 3.05) is 13.2 Å². The van der Waals surface area contributed by atoms with Crippen LogP contribution in [0.2, 0.25) is 0 Å². The smallest absolute Gasteiger partial charge is 0.258 e. The average molecular weight is 444 g/mol. The number of hydrogen-bond acceptors (Lipinski definition) is 4. The number of amides is 1. The van der Waals surface area contributed by atoms with Crippen molar-refractivity contribution in [1.82, 2.24) is 14.8 Å². The number of likely N-dealkylation sites (N-methyl/N-ethyl adjacent to an activating group) is 1. The summed E-state index contributed by atoms with van der Waals surface area (Å²) in [6.45, 7) is 3.58. The van der Waals surface area contributed by atoms with Crippen LogP contribution in [-0.4, -0.2) is 39.7 Å². The molecule has 3 aromatic rings. The molecule has 6 nitrogen and oxygen atoms in total. The van der Waals surface area contributed by atoms with Crippen LogP contribution < -0.4 is 10.9 Å². The van der Waals surface area contributed by atoms with E-state index in [2.05, 4.69) is 10.2 Å². The minimum absolute atomic E-state index is 0.00841. The van der Waals surface area contributed by atoms with Gasteiger partial charge in [-0.15, -0.1) is 0 Å². The number of hydrogen-bond donors (Lipinski definition) is 2. The maximum absolute atomic E-state index is 13.4. The molecule has 3 heterocycles. The van der Waals surface area contributed by atoms with Crippen molar-refractivity contribution in [1.29, 1.82) is 0 Å². The number of carbonyl (C=O) groups excluding carboxylic acids is 1. The monoisotopic (exact) mass is 443 g/mol. The van der Waals surface area contributed by atoms with Crippen LogP contribution in [0.15, 0.2) is 77.6 Å². The number of pyridine rings is 1. The van der Waals surface area contributed by atoms with E-state index in [1.165, 1.54) is 0 Å². The summed E-state index contributed by atoms with van der Waals surface area (Å²) in [6.07, 6.45) is 0. The summed E-state index contributed by atoms with van der Waals surface area (Å²) in [5, 5.41) is 13.4. The highest BCUT2D eigenvalue weighted by Crippen LogP contribution is 2.49. The van der Waals surface area contributed by atoms with Gasteiger partial charge in [-0.1, -0.05) is 67.6 Å². The maximum atomic E-state index is 13.4. The van der Waals surface area contributed by atoms with Crippen molar-refractivity contribution in [3.63, 3.8) is 0 Å². The molecule has 5 rings (SSSR count). The first-order chi connectivity index (χ1) is 16.1. The van der Waals surface area contributed by atoms with Gasteiger partial charge < -0.3 is 15.0 Å². The zero-order chi connectivity index (χ0) is 22.9. The Balaban J connectivity index is 1.44. The third-order valence-electron chi connectivity index (χ3n) is 7.22. The van der Waals surface area contributed by atoms with Gasteiger partial charge in [-0.05, 0) is 29.8 Å². The third kappa shape index (κ3) is 3.69. The lowest BCUT2D eigenvalue weighted by atomic mass is 9.88. The van der Waals surface area contributed by atoms with Gasteiger partial charge in [0, 0.05) is 42.8 Å². The van der Waals surface area contributed by atoms with Crippen molar-refractivity contribution in [2.24, 2.45) is 11.8 Å². The molecule has 0 bridgehead atoms. The van der Waals surface area contributed by atoms with E-state index < -0.39 is 6.04 Å². The molecule has 1 amide bonds. The molecule has 2 aliphatic rings. The predicted molar refractivity (Wildman–Crippen MR) is 127 cm³/mol. The van der Waals surface area contributed by atoms with Crippen LogP contribution in [0.1, 0.15) is 24.2 Å². The zero-order valence-electron chi connectivity index (χ0n) is 18.7. The van der Waals surface area contributed by atoms with Crippen LogP contribution >= 0.6 is 0 Å². The molecular formula is C27H29N3O3. The first-order valence-electron chi connectivity index (χ1n) is 11.6. The van der Waals surface area contributed by atoms with E-state index in [9.17, 15) is 14.7 Å². The molecule has 0 saturated carbocycles. The molecule has 33 heavy (non-hydrogen) atoms. The largest absolute Gasteiger partial charge is 0.396 e. The van der Waals surface area contributed by atoms with Crippen molar-refractivity contribution in [2.45, 2.75) is 32.1 Å². The second-order valence-electron chi connectivity index (χ2n) is 8.89. The van der Waals surface area contributed by atoms with Crippen molar-refractivity contribution in [3.05, 3.63) is 94.4 Å². The molecule has 0 radical (unpaired) electrons. The highest BCUT2D eigenvalue weighted by molar-refractivity contribution is 5.82. The van der Waals surface area contributed by atoms with Gasteiger partial charge in [-0.3, -0.25) is 14.5 Å². The number of nitrogens with zero attached hydrogens (tertiary/aromatic N) is 2. The zero-order valence-corrected chi connectivity index (χ0v) is 18.7. The van der Waals surface area contributed by atoms with Crippen LogP contribution in [0.4, 0.5) is 0 Å². The summed E-state index contributed by atoms with van der Waals surface area (Å²) in [7, 11) is 0. The Morgan fingerprint density at radius 3 is 2.39 bits per heavy atom. The second-order valence-corrected chi connectivity index (χ2v) is 8.89. The Morgan fingerprint density at radius 2 is 1.73 bits per heavy atom. The minimum Gasteiger partial charge on any atom is -0.396 e. The lowest BCUT2D eigenvalue weighted by Crippen LogP contribution is -2.48. The highest BCUT2D eigenvalue weighted by Gasteiger charge is 2.54. The molecule has 1 aromatic heterocycles. The van der Waals surface area contributed by atoms with E-state index >= 15 is 0 Å². The van der Waals surface area contributed by atoms with Gasteiger partial charge in [-0.25, -0.2) is 0 Å². The van der Waals surface area contributed by atoms with Gasteiger partial charge in [-0.2, -0.15) is 0 Å². The molecule has 6 heteroatoms. The van der Waals surface area contributed by atoms with E-state index in [0.29, 0.717) is 25.2 Å². The quantitative estimate of drug-likeness (QED) is 0.615. The fourth-order valence-electron chi connectivity index (χ4n) is 5.71. The molecule has 4 atom stereocenters. The van der Waals surface area contributed by atoms with Gasteiger partial charge in [0.2, 0.25) is 5.91 Å². The molecule has 2 aliphatic heterocycles. The topological polar surface area (TPSA) is 74.6 Å². The fraction of sp³-hybridized carbons (Fsp3) is 0.333. The van der Waals surface area contributed by atoms with Crippen LogP contribution in [-0.2, 0) is 17.9 Å². The molecular weight excluding hydrogens is 414 g/mol. The van der Waals surface area contributed by atoms with Gasteiger partial charge in [0.05, 0.1) is 12.1 Å². The van der Waals surface area contributed by atoms with E-state index in [4.69, 9.17) is 0 Å². The maximum Gasteiger partial charge on any atom is 0.258 e. The highest BCUT2D eigenvalue weighted by atomic mass is 16.3. The van der Waals surface area contributed by atoms with Crippen LogP contribution in [0.5, 0.6) is 0 Å². The summed E-state index contributed by atoms with van der Waals surface area (Å²) in [6, 6.07) is 23.0. The van der Waals surface area contributed by atoms with Crippen molar-refractivity contribution >= 4 is 5.91 Å². The van der Waals surface area contributed by atoms with Gasteiger partial charge >= 0.3 is 0 Å². The standard InChI is InChI=1S/C27H29N3O3/c1-2-29-24-21(22(17-31)25(29)26(32)28-15-18-9-5-3-6-10-18)16-30-23(24)14-13-20(27(30)33)19-11-7-4-8-12-19/h3-14,21-22,24-25,31H,2,15-17H2,1H3,(H,28,32)/t21-,22-,24+,25-/m0/s1. The lowest BCUT2D eigenvalue weighted by molar-refractivity contribution is -0.127. The Kier molecular flexibility index (Phi) is 5.87. The first-order valence-corrected chi connectivity index (χ1v) is 11.6. The van der Waals surface area contributed by atoms with Crippen molar-refractivity contribution in [3.8, 4) is 11.1 Å². The Morgan fingerprint density at radius 1 is 1.03 bits per heavy atom. The summed E-state index contributed by atoms with van der Waals surface area (Å²) in [5.41, 5.74) is 3.55. The number of aliphatic hydroxyl groups is 1. The second kappa shape index (κ2) is 8.96. The molecule has 0 spiro atoms. The number of rotatable bonds is 6. The summed E-state index contributed by atoms with van der Waals surface area (Å²) in [4.78, 5) is 28.8. The Hall–Kier alpha value is -3.22. The number of aromatic nitrogens is 1. The number of nitrogens with one attached hydrogen (secondary N) is 1. The third-order valence-corrected chi connectivity index (χ3v) is 7.22. The Labute approximate surface area is 193 Å². The molecule has 170 valence electrons. The summed E-state index contributed by atoms with van der Waals surface area (Å²) < 4.78 is 1.85. The van der Waals surface area contributed by atoms with Gasteiger partial charge in [0.25, 0.3) is 5.56 Å². The van der Waals surface area contributed by atoms with Gasteiger partial charge in [0.15, 0.2) is 0 Å². The lowest BCUT2D eigenvalue weighted by Gasteiger charge is -2.29. The normalized spacial score (nSPS) is 23.8. The number of likely N-dealkylation sites (tertiary alicyclic amines) is 1. The fourth-order valence-corrected chi connectivity index (χ4v) is 5.71. The number of carbonyl (C=O) groups is 1. The molecule has 2 aromatic carbocycles. The summed E-state index contributed by atoms with van der Waals surface area (Å²) in [5.74, 6) is -0.282. The number of benzene rings is 2. The number of fused-ring (bicyclic) bond motifs is 3. The summed E-state index contributed by atoms with van der Waals surface area (Å²) >= 11 is 0. The Bertz CT molecular complexity index is 1190. The average Bonchev–Trinajstić information content (AvgIpc) is 3.38. The van der Waals surface area contributed by atoms with Crippen LogP contribution in [0.3, 0.4) is 0 Å². The molecule has 0 aliphatic carbocycles. The number of aliphatic hydroxyl groups excluding tert-OH is 1. The molecule has 1 saturated heterocycles. The molecule has 2 N–H and O–H groups in total. The van der Waals surface area contributed by atoms with Crippen LogP contribution in [0.25, 0.3) is 11.1 Å². The van der Waals surface area contributed by atoms with E-state index in [1.54, 1.807) is 0 Å².